The van der Waals surface area contributed by atoms with Crippen LogP contribution >= 0.6 is 0 Å². The fraction of sp³-hybridized carbons (Fsp3) is 0.0526. The summed E-state index contributed by atoms with van der Waals surface area (Å²) in [7, 11) is 0. The first-order chi connectivity index (χ1) is 11.8. The molecule has 24 heavy (non-hydrogen) atoms. The Kier molecular flexibility index (Phi) is 3.49. The van der Waals surface area contributed by atoms with Gasteiger partial charge in [0, 0.05) is 11.8 Å². The van der Waals surface area contributed by atoms with Gasteiger partial charge in [-0.15, -0.1) is 0 Å². The number of benzene rings is 1. The van der Waals surface area contributed by atoms with E-state index in [1.807, 2.05) is 59.2 Å². The molecule has 1 aromatic carbocycles. The van der Waals surface area contributed by atoms with Gasteiger partial charge in [-0.2, -0.15) is 5.26 Å². The lowest BCUT2D eigenvalue weighted by molar-refractivity contribution is 0.789. The number of aromatic nitrogens is 4. The zero-order valence-electron chi connectivity index (χ0n) is 12.8. The van der Waals surface area contributed by atoms with E-state index < -0.39 is 0 Å². The minimum Gasteiger partial charge on any atom is -0.309 e. The normalized spacial score (nSPS) is 10.6. The lowest BCUT2D eigenvalue weighted by Crippen LogP contribution is -2.03. The second-order valence-corrected chi connectivity index (χ2v) is 5.40. The molecule has 0 aliphatic carbocycles. The zero-order valence-corrected chi connectivity index (χ0v) is 12.8. The first-order valence-electron chi connectivity index (χ1n) is 7.56. The first-order valence-corrected chi connectivity index (χ1v) is 7.56. The van der Waals surface area contributed by atoms with Gasteiger partial charge in [0.05, 0.1) is 29.8 Å². The molecular weight excluding hydrogens is 298 g/mol. The van der Waals surface area contributed by atoms with Gasteiger partial charge in [0.2, 0.25) is 0 Å². The molecule has 0 amide bonds. The van der Waals surface area contributed by atoms with E-state index in [-0.39, 0.29) is 0 Å². The van der Waals surface area contributed by atoms with Crippen LogP contribution in [0.15, 0.2) is 67.1 Å². The molecule has 4 rings (SSSR count). The Morgan fingerprint density at radius 3 is 2.67 bits per heavy atom. The zero-order chi connectivity index (χ0) is 16.4. The van der Waals surface area contributed by atoms with Gasteiger partial charge in [0.25, 0.3) is 0 Å². The van der Waals surface area contributed by atoms with Crippen molar-refractivity contribution < 1.29 is 0 Å². The van der Waals surface area contributed by atoms with E-state index in [9.17, 15) is 5.26 Å². The smallest absolute Gasteiger partial charge is 0.160 e. The number of rotatable bonds is 3. The Labute approximate surface area is 138 Å². The van der Waals surface area contributed by atoms with Crippen LogP contribution in [0.2, 0.25) is 0 Å². The standard InChI is InChI=1S/C19H13N5/c20-11-15-8-9-16(23-18(15)14-5-2-1-3-6-14)12-24-13-22-17-7-4-10-21-19(17)24/h1-10,13H,12H2. The van der Waals surface area contributed by atoms with Crippen LogP contribution in [0.5, 0.6) is 0 Å². The molecule has 5 heteroatoms. The highest BCUT2D eigenvalue weighted by Crippen LogP contribution is 2.22. The van der Waals surface area contributed by atoms with Crippen molar-refractivity contribution in [3.8, 4) is 17.3 Å². The van der Waals surface area contributed by atoms with Crippen molar-refractivity contribution in [2.45, 2.75) is 6.54 Å². The molecule has 0 aliphatic heterocycles. The van der Waals surface area contributed by atoms with Crippen molar-refractivity contribution in [2.24, 2.45) is 0 Å². The Hall–Kier alpha value is -3.52. The second kappa shape index (κ2) is 5.94. The molecule has 0 radical (unpaired) electrons. The molecule has 4 aromatic rings. The SMILES string of the molecule is N#Cc1ccc(Cn2cnc3cccnc32)nc1-c1ccccc1. The molecule has 0 saturated carbocycles. The summed E-state index contributed by atoms with van der Waals surface area (Å²) in [5.41, 5.74) is 4.74. The van der Waals surface area contributed by atoms with E-state index in [2.05, 4.69) is 16.0 Å². The van der Waals surface area contributed by atoms with Crippen LogP contribution < -0.4 is 0 Å². The van der Waals surface area contributed by atoms with E-state index in [1.54, 1.807) is 12.5 Å². The molecule has 0 atom stereocenters. The quantitative estimate of drug-likeness (QED) is 0.581. The van der Waals surface area contributed by atoms with Gasteiger partial charge >= 0.3 is 0 Å². The Morgan fingerprint density at radius 2 is 1.83 bits per heavy atom. The van der Waals surface area contributed by atoms with Gasteiger partial charge < -0.3 is 4.57 Å². The molecule has 3 aromatic heterocycles. The maximum atomic E-state index is 9.35. The van der Waals surface area contributed by atoms with Gasteiger partial charge in [-0.1, -0.05) is 30.3 Å². The van der Waals surface area contributed by atoms with Gasteiger partial charge in [-0.3, -0.25) is 0 Å². The predicted molar refractivity (Wildman–Crippen MR) is 91.0 cm³/mol. The fourth-order valence-electron chi connectivity index (χ4n) is 2.68. The van der Waals surface area contributed by atoms with E-state index in [0.29, 0.717) is 17.8 Å². The minimum absolute atomic E-state index is 0.555. The summed E-state index contributed by atoms with van der Waals surface area (Å²) in [6, 6.07) is 19.5. The molecule has 0 saturated heterocycles. The molecule has 0 aliphatic rings. The van der Waals surface area contributed by atoms with Crippen LogP contribution in [-0.4, -0.2) is 19.5 Å². The van der Waals surface area contributed by atoms with Crippen LogP contribution in [0, 0.1) is 11.3 Å². The maximum Gasteiger partial charge on any atom is 0.160 e. The van der Waals surface area contributed by atoms with Crippen molar-refractivity contribution in [3.05, 3.63) is 78.4 Å². The summed E-state index contributed by atoms with van der Waals surface area (Å²) >= 11 is 0. The van der Waals surface area contributed by atoms with Gasteiger partial charge in [0.15, 0.2) is 5.65 Å². The highest BCUT2D eigenvalue weighted by atomic mass is 15.1. The monoisotopic (exact) mass is 311 g/mol. The number of nitriles is 1. The molecule has 0 unspecified atom stereocenters. The summed E-state index contributed by atoms with van der Waals surface area (Å²) < 4.78 is 1.96. The molecule has 0 spiro atoms. The number of nitrogens with zero attached hydrogens (tertiary/aromatic N) is 5. The topological polar surface area (TPSA) is 67.4 Å². The number of pyridine rings is 2. The molecule has 0 N–H and O–H groups in total. The third kappa shape index (κ3) is 2.50. The number of imidazole rings is 1. The third-order valence-electron chi connectivity index (χ3n) is 3.83. The summed E-state index contributed by atoms with van der Waals surface area (Å²) in [6.07, 6.45) is 3.52. The van der Waals surface area contributed by atoms with Crippen LogP contribution in [-0.2, 0) is 6.54 Å². The van der Waals surface area contributed by atoms with Gasteiger partial charge in [0.1, 0.15) is 11.6 Å². The van der Waals surface area contributed by atoms with Crippen LogP contribution in [0.4, 0.5) is 0 Å². The Balaban J connectivity index is 1.76. The summed E-state index contributed by atoms with van der Waals surface area (Å²) in [5.74, 6) is 0. The van der Waals surface area contributed by atoms with Crippen LogP contribution in [0.25, 0.3) is 22.4 Å². The van der Waals surface area contributed by atoms with E-state index >= 15 is 0 Å². The molecule has 114 valence electrons. The minimum atomic E-state index is 0.555. The molecule has 5 nitrogen and oxygen atoms in total. The van der Waals surface area contributed by atoms with E-state index in [1.165, 1.54) is 0 Å². The highest BCUT2D eigenvalue weighted by molar-refractivity contribution is 5.70. The largest absolute Gasteiger partial charge is 0.309 e. The number of fused-ring (bicyclic) bond motifs is 1. The van der Waals surface area contributed by atoms with E-state index in [0.717, 1.165) is 22.4 Å². The van der Waals surface area contributed by atoms with Crippen molar-refractivity contribution in [3.63, 3.8) is 0 Å². The predicted octanol–water partition coefficient (Wildman–Crippen LogP) is 3.41. The van der Waals surface area contributed by atoms with Gasteiger partial charge in [-0.25, -0.2) is 15.0 Å². The molecule has 0 fully saturated rings. The fourth-order valence-corrected chi connectivity index (χ4v) is 2.68. The van der Waals surface area contributed by atoms with Gasteiger partial charge in [-0.05, 0) is 24.3 Å². The third-order valence-corrected chi connectivity index (χ3v) is 3.83. The van der Waals surface area contributed by atoms with Crippen LogP contribution in [0.3, 0.4) is 0 Å². The highest BCUT2D eigenvalue weighted by Gasteiger charge is 2.10. The molecule has 0 bridgehead atoms. The first kappa shape index (κ1) is 14.1. The lowest BCUT2D eigenvalue weighted by atomic mass is 10.1. The molecular formula is C19H13N5. The summed E-state index contributed by atoms with van der Waals surface area (Å²) in [4.78, 5) is 13.4. The maximum absolute atomic E-state index is 9.35. The number of hydrogen-bond donors (Lipinski definition) is 0. The van der Waals surface area contributed by atoms with Crippen molar-refractivity contribution in [2.75, 3.05) is 0 Å². The Morgan fingerprint density at radius 1 is 0.958 bits per heavy atom. The lowest BCUT2D eigenvalue weighted by Gasteiger charge is -2.08. The summed E-state index contributed by atoms with van der Waals surface area (Å²) in [5, 5.41) is 9.35. The average Bonchev–Trinajstić information content (AvgIpc) is 3.05. The van der Waals surface area contributed by atoms with Crippen LogP contribution in [0.1, 0.15) is 11.3 Å². The molecule has 3 heterocycles. The van der Waals surface area contributed by atoms with E-state index in [4.69, 9.17) is 4.98 Å². The van der Waals surface area contributed by atoms with Crippen molar-refractivity contribution in [1.82, 2.24) is 19.5 Å². The number of hydrogen-bond acceptors (Lipinski definition) is 4. The summed E-state index contributed by atoms with van der Waals surface area (Å²) in [6.45, 7) is 0.555. The Bertz CT molecular complexity index is 1040. The van der Waals surface area contributed by atoms with Crippen molar-refractivity contribution in [1.29, 1.82) is 5.26 Å². The second-order valence-electron chi connectivity index (χ2n) is 5.40. The average molecular weight is 311 g/mol. The van der Waals surface area contributed by atoms with Crippen molar-refractivity contribution >= 4 is 11.2 Å².